The quantitative estimate of drug-likeness (QED) is 0.625. The van der Waals surface area contributed by atoms with Crippen molar-refractivity contribution in [1.82, 2.24) is 10.4 Å². The van der Waals surface area contributed by atoms with Crippen molar-refractivity contribution in [3.63, 3.8) is 0 Å². The molecule has 130 valence electrons. The van der Waals surface area contributed by atoms with Crippen molar-refractivity contribution in [3.05, 3.63) is 12.2 Å². The van der Waals surface area contributed by atoms with Gasteiger partial charge in [-0.15, -0.1) is 0 Å². The molecule has 1 saturated heterocycles. The van der Waals surface area contributed by atoms with Gasteiger partial charge in [-0.1, -0.05) is 31.4 Å². The van der Waals surface area contributed by atoms with Crippen LogP contribution in [0.25, 0.3) is 0 Å². The van der Waals surface area contributed by atoms with Crippen LogP contribution in [0.15, 0.2) is 12.2 Å². The Labute approximate surface area is 140 Å². The number of hydrogen-bond acceptors (Lipinski definition) is 4. The van der Waals surface area contributed by atoms with Crippen LogP contribution in [0, 0.1) is 11.3 Å². The molecule has 0 aromatic heterocycles. The molecule has 0 aromatic carbocycles. The third-order valence-corrected chi connectivity index (χ3v) is 5.82. The molecule has 1 N–H and O–H groups in total. The van der Waals surface area contributed by atoms with Crippen LogP contribution in [0.5, 0.6) is 0 Å². The van der Waals surface area contributed by atoms with Gasteiger partial charge in [0, 0.05) is 19.1 Å². The molecule has 1 aliphatic carbocycles. The number of hydrogen-bond donors (Lipinski definition) is 1. The highest BCUT2D eigenvalue weighted by atomic mass is 16.5. The normalized spacial score (nSPS) is 37.3. The second-order valence-electron chi connectivity index (χ2n) is 7.43. The molecule has 0 spiro atoms. The number of allylic oxidation sites excluding steroid dienone is 2. The average Bonchev–Trinajstić information content (AvgIpc) is 3.08. The molecule has 0 aromatic rings. The fourth-order valence-corrected chi connectivity index (χ4v) is 4.21. The highest BCUT2D eigenvalue weighted by molar-refractivity contribution is 5.81. The highest BCUT2D eigenvalue weighted by Crippen LogP contribution is 2.54. The van der Waals surface area contributed by atoms with E-state index in [1.165, 1.54) is 44.9 Å². The zero-order chi connectivity index (χ0) is 16.1. The van der Waals surface area contributed by atoms with Crippen molar-refractivity contribution >= 4 is 5.97 Å². The number of hydrazine groups is 1. The van der Waals surface area contributed by atoms with E-state index in [-0.39, 0.29) is 11.4 Å². The van der Waals surface area contributed by atoms with Crippen LogP contribution in [0.4, 0.5) is 0 Å². The third-order valence-electron chi connectivity index (χ3n) is 5.82. The fraction of sp³-hybridized carbons (Fsp3) is 0.842. The van der Waals surface area contributed by atoms with Gasteiger partial charge in [0.1, 0.15) is 0 Å². The first-order valence-electron chi connectivity index (χ1n) is 9.60. The molecule has 2 fully saturated rings. The van der Waals surface area contributed by atoms with Crippen molar-refractivity contribution in [3.8, 4) is 0 Å². The summed E-state index contributed by atoms with van der Waals surface area (Å²) in [4.78, 5) is 12.5. The summed E-state index contributed by atoms with van der Waals surface area (Å²) in [5.41, 5.74) is 3.29. The minimum Gasteiger partial charge on any atom is -0.466 e. The van der Waals surface area contributed by atoms with Gasteiger partial charge in [0.25, 0.3) is 0 Å². The number of ether oxygens (including phenoxy) is 1. The molecule has 0 bridgehead atoms. The minimum atomic E-state index is -0.316. The molecule has 2 heterocycles. The molecule has 4 heteroatoms. The van der Waals surface area contributed by atoms with Crippen LogP contribution in [0.1, 0.15) is 64.7 Å². The van der Waals surface area contributed by atoms with E-state index in [4.69, 9.17) is 4.74 Å². The lowest BCUT2D eigenvalue weighted by Crippen LogP contribution is -2.46. The summed E-state index contributed by atoms with van der Waals surface area (Å²) in [6, 6.07) is 0.657. The largest absolute Gasteiger partial charge is 0.466 e. The Morgan fingerprint density at radius 3 is 2.96 bits per heavy atom. The molecule has 3 atom stereocenters. The van der Waals surface area contributed by atoms with Gasteiger partial charge in [-0.3, -0.25) is 10.2 Å². The van der Waals surface area contributed by atoms with Crippen molar-refractivity contribution in [2.24, 2.45) is 11.3 Å². The van der Waals surface area contributed by atoms with E-state index < -0.39 is 0 Å². The second-order valence-corrected chi connectivity index (χ2v) is 7.43. The van der Waals surface area contributed by atoms with E-state index in [0.29, 0.717) is 18.6 Å². The van der Waals surface area contributed by atoms with Crippen molar-refractivity contribution in [2.75, 3.05) is 19.7 Å². The summed E-state index contributed by atoms with van der Waals surface area (Å²) >= 11 is 0. The van der Waals surface area contributed by atoms with Crippen LogP contribution in [0.2, 0.25) is 0 Å². The molecule has 0 amide bonds. The number of nitrogens with one attached hydrogen (secondary N) is 1. The van der Waals surface area contributed by atoms with Crippen molar-refractivity contribution in [1.29, 1.82) is 0 Å². The fourth-order valence-electron chi connectivity index (χ4n) is 4.21. The van der Waals surface area contributed by atoms with Crippen LogP contribution in [0.3, 0.4) is 0 Å². The predicted molar refractivity (Wildman–Crippen MR) is 91.7 cm³/mol. The van der Waals surface area contributed by atoms with Crippen molar-refractivity contribution < 1.29 is 9.53 Å². The number of carbonyl (C=O) groups excluding carboxylic acids is 1. The molecular formula is C19H32N2O2. The van der Waals surface area contributed by atoms with Crippen LogP contribution >= 0.6 is 0 Å². The van der Waals surface area contributed by atoms with Gasteiger partial charge in [0.15, 0.2) is 0 Å². The van der Waals surface area contributed by atoms with Gasteiger partial charge >= 0.3 is 5.97 Å². The maximum absolute atomic E-state index is 12.5. The van der Waals surface area contributed by atoms with Gasteiger partial charge in [0.05, 0.1) is 12.0 Å². The first kappa shape index (κ1) is 17.0. The summed E-state index contributed by atoms with van der Waals surface area (Å²) in [6.45, 7) is 4.22. The molecule has 3 rings (SSSR count). The maximum atomic E-state index is 12.5. The lowest BCUT2D eigenvalue weighted by Gasteiger charge is -2.28. The van der Waals surface area contributed by atoms with Crippen LogP contribution < -0.4 is 5.43 Å². The van der Waals surface area contributed by atoms with E-state index in [0.717, 1.165) is 25.9 Å². The van der Waals surface area contributed by atoms with Gasteiger partial charge < -0.3 is 4.74 Å². The summed E-state index contributed by atoms with van der Waals surface area (Å²) < 4.78 is 5.38. The summed E-state index contributed by atoms with van der Waals surface area (Å²) in [6.07, 6.45) is 15.8. The Balaban J connectivity index is 1.68. The zero-order valence-corrected chi connectivity index (χ0v) is 14.6. The van der Waals surface area contributed by atoms with Gasteiger partial charge in [-0.2, -0.15) is 0 Å². The average molecular weight is 320 g/mol. The monoisotopic (exact) mass is 320 g/mol. The molecule has 2 aliphatic heterocycles. The van der Waals surface area contributed by atoms with E-state index in [2.05, 4.69) is 22.6 Å². The minimum absolute atomic E-state index is 0.00927. The summed E-state index contributed by atoms with van der Waals surface area (Å²) in [5, 5.41) is 2.41. The molecule has 1 saturated carbocycles. The molecular weight excluding hydrogens is 288 g/mol. The van der Waals surface area contributed by atoms with Crippen LogP contribution in [-0.2, 0) is 9.53 Å². The molecule has 4 nitrogen and oxygen atoms in total. The smallest absolute Gasteiger partial charge is 0.314 e. The first-order valence-corrected chi connectivity index (χ1v) is 9.60. The Kier molecular flexibility index (Phi) is 5.76. The Bertz CT molecular complexity index is 437. The maximum Gasteiger partial charge on any atom is 0.314 e. The number of carbonyl (C=O) groups is 1. The lowest BCUT2D eigenvalue weighted by molar-refractivity contribution is -0.150. The first-order chi connectivity index (χ1) is 11.3. The van der Waals surface area contributed by atoms with E-state index >= 15 is 0 Å². The summed E-state index contributed by atoms with van der Waals surface area (Å²) in [5.74, 6) is 0.350. The Hall–Kier alpha value is -0.870. The number of fused-ring (bicyclic) bond motifs is 2. The Morgan fingerprint density at radius 2 is 2.09 bits per heavy atom. The van der Waals surface area contributed by atoms with Crippen molar-refractivity contribution in [2.45, 2.75) is 70.8 Å². The third kappa shape index (κ3) is 3.97. The second kappa shape index (κ2) is 7.80. The lowest BCUT2D eigenvalue weighted by atomic mass is 10.0. The van der Waals surface area contributed by atoms with E-state index in [1.807, 2.05) is 6.92 Å². The van der Waals surface area contributed by atoms with Gasteiger partial charge in [0.2, 0.25) is 0 Å². The van der Waals surface area contributed by atoms with E-state index in [1.54, 1.807) is 0 Å². The zero-order valence-electron chi connectivity index (χ0n) is 14.6. The molecule has 0 radical (unpaired) electrons. The summed E-state index contributed by atoms with van der Waals surface area (Å²) in [7, 11) is 0. The SMILES string of the molecule is CCOC(=O)C12CNN3CCCC3CCCCCC/C=C\C1C2. The standard InChI is InChI=1S/C19H32N2O2/c1-2-23-18(22)19-14-16(19)10-7-5-3-4-6-8-11-17-12-9-13-21(17)20-15-19/h7,10,16-17,20H,2-6,8-9,11-15H2,1H3/b10-7-. The topological polar surface area (TPSA) is 41.6 Å². The van der Waals surface area contributed by atoms with Crippen LogP contribution in [-0.4, -0.2) is 36.7 Å². The van der Waals surface area contributed by atoms with E-state index in [9.17, 15) is 4.79 Å². The molecule has 3 unspecified atom stereocenters. The number of esters is 1. The molecule has 3 aliphatic rings. The number of rotatable bonds is 2. The van der Waals surface area contributed by atoms with Gasteiger partial charge in [-0.25, -0.2) is 5.01 Å². The number of nitrogens with zero attached hydrogens (tertiary/aromatic N) is 1. The Morgan fingerprint density at radius 1 is 1.26 bits per heavy atom. The predicted octanol–water partition coefficient (Wildman–Crippen LogP) is 3.44. The molecule has 23 heavy (non-hydrogen) atoms. The van der Waals surface area contributed by atoms with Gasteiger partial charge in [-0.05, 0) is 51.4 Å². The highest BCUT2D eigenvalue weighted by Gasteiger charge is 2.59.